The Hall–Kier alpha value is -1.85. The Balaban J connectivity index is 2.53. The fourth-order valence-corrected chi connectivity index (χ4v) is 3.77. The zero-order valence-electron chi connectivity index (χ0n) is 20.2. The topological polar surface area (TPSA) is 78.9 Å². The minimum Gasteiger partial charge on any atom is -0.463 e. The standard InChI is InChI=1S/C25H42O6/c1-7-21(26)30-25(16-14-20(15-17-25)22(27)31-24(4,5)6)23(28)29-18-12-10-8-9-11-13-19(2)3/h7,19-20H,1,8-18H2,2-6H3. The molecule has 1 fully saturated rings. The monoisotopic (exact) mass is 438 g/mol. The van der Waals surface area contributed by atoms with Gasteiger partial charge in [-0.15, -0.1) is 0 Å². The molecule has 0 aromatic rings. The van der Waals surface area contributed by atoms with Gasteiger partial charge in [0.2, 0.25) is 5.60 Å². The first-order chi connectivity index (χ1) is 14.5. The molecule has 0 aliphatic heterocycles. The summed E-state index contributed by atoms with van der Waals surface area (Å²) < 4.78 is 16.4. The second-order valence-electron chi connectivity index (χ2n) is 10.0. The molecule has 1 saturated carbocycles. The molecule has 0 saturated heterocycles. The van der Waals surface area contributed by atoms with Gasteiger partial charge >= 0.3 is 17.9 Å². The quantitative estimate of drug-likeness (QED) is 0.173. The molecule has 31 heavy (non-hydrogen) atoms. The van der Waals surface area contributed by atoms with Crippen molar-refractivity contribution in [2.75, 3.05) is 6.61 Å². The smallest absolute Gasteiger partial charge is 0.350 e. The maximum absolute atomic E-state index is 12.8. The molecule has 178 valence electrons. The first-order valence-corrected chi connectivity index (χ1v) is 11.7. The van der Waals surface area contributed by atoms with E-state index >= 15 is 0 Å². The molecule has 1 aliphatic rings. The minimum absolute atomic E-state index is 0.241. The largest absolute Gasteiger partial charge is 0.463 e. The molecule has 0 N–H and O–H groups in total. The van der Waals surface area contributed by atoms with E-state index in [2.05, 4.69) is 20.4 Å². The van der Waals surface area contributed by atoms with Crippen LogP contribution in [0.25, 0.3) is 0 Å². The molecular weight excluding hydrogens is 396 g/mol. The van der Waals surface area contributed by atoms with Crippen LogP contribution < -0.4 is 0 Å². The first-order valence-electron chi connectivity index (χ1n) is 11.7. The van der Waals surface area contributed by atoms with Crippen LogP contribution in [-0.2, 0) is 28.6 Å². The molecule has 0 spiro atoms. The summed E-state index contributed by atoms with van der Waals surface area (Å²) in [6.45, 7) is 13.7. The van der Waals surface area contributed by atoms with Gasteiger partial charge in [0.1, 0.15) is 5.60 Å². The second kappa shape index (κ2) is 12.9. The zero-order chi connectivity index (χ0) is 23.5. The Labute approximate surface area is 188 Å². The number of ether oxygens (including phenoxy) is 3. The highest BCUT2D eigenvalue weighted by Gasteiger charge is 2.48. The van der Waals surface area contributed by atoms with Gasteiger partial charge < -0.3 is 14.2 Å². The summed E-state index contributed by atoms with van der Waals surface area (Å²) >= 11 is 0. The molecule has 6 nitrogen and oxygen atoms in total. The van der Waals surface area contributed by atoms with E-state index in [9.17, 15) is 14.4 Å². The van der Waals surface area contributed by atoms with Gasteiger partial charge in [-0.1, -0.05) is 52.5 Å². The van der Waals surface area contributed by atoms with Crippen molar-refractivity contribution in [1.29, 1.82) is 0 Å². The van der Waals surface area contributed by atoms with Crippen molar-refractivity contribution >= 4 is 17.9 Å². The van der Waals surface area contributed by atoms with Crippen LogP contribution in [0.4, 0.5) is 0 Å². The lowest BCUT2D eigenvalue weighted by atomic mass is 9.78. The van der Waals surface area contributed by atoms with Crippen LogP contribution >= 0.6 is 0 Å². The minimum atomic E-state index is -1.35. The van der Waals surface area contributed by atoms with Gasteiger partial charge in [0.05, 0.1) is 12.5 Å². The second-order valence-corrected chi connectivity index (χ2v) is 10.0. The normalized spacial score (nSPS) is 21.4. The Morgan fingerprint density at radius 3 is 2.16 bits per heavy atom. The van der Waals surface area contributed by atoms with Crippen LogP contribution in [0.15, 0.2) is 12.7 Å². The van der Waals surface area contributed by atoms with Gasteiger partial charge in [0, 0.05) is 6.08 Å². The molecule has 0 aromatic carbocycles. The van der Waals surface area contributed by atoms with E-state index in [0.29, 0.717) is 19.4 Å². The predicted molar refractivity (Wildman–Crippen MR) is 120 cm³/mol. The maximum atomic E-state index is 12.8. The van der Waals surface area contributed by atoms with Crippen molar-refractivity contribution in [2.45, 2.75) is 110 Å². The third kappa shape index (κ3) is 10.3. The van der Waals surface area contributed by atoms with Crippen molar-refractivity contribution in [3.05, 3.63) is 12.7 Å². The third-order valence-corrected chi connectivity index (χ3v) is 5.53. The van der Waals surface area contributed by atoms with Gasteiger partial charge in [-0.3, -0.25) is 4.79 Å². The summed E-state index contributed by atoms with van der Waals surface area (Å²) in [5, 5.41) is 0. The molecule has 0 amide bonds. The molecule has 6 heteroatoms. The van der Waals surface area contributed by atoms with Crippen LogP contribution in [0.2, 0.25) is 0 Å². The lowest BCUT2D eigenvalue weighted by Crippen LogP contribution is -2.48. The number of unbranched alkanes of at least 4 members (excludes halogenated alkanes) is 4. The van der Waals surface area contributed by atoms with Crippen molar-refractivity contribution in [1.82, 2.24) is 0 Å². The lowest BCUT2D eigenvalue weighted by molar-refractivity contribution is -0.187. The number of esters is 3. The summed E-state index contributed by atoms with van der Waals surface area (Å²) in [7, 11) is 0. The fraction of sp³-hybridized carbons (Fsp3) is 0.800. The van der Waals surface area contributed by atoms with Crippen molar-refractivity contribution in [3.8, 4) is 0 Å². The van der Waals surface area contributed by atoms with Gasteiger partial charge in [-0.25, -0.2) is 9.59 Å². The number of carbonyl (C=O) groups excluding carboxylic acids is 3. The highest BCUT2D eigenvalue weighted by molar-refractivity contribution is 5.88. The summed E-state index contributed by atoms with van der Waals surface area (Å²) in [6, 6.07) is 0. The van der Waals surface area contributed by atoms with Crippen molar-refractivity contribution < 1.29 is 28.6 Å². The number of hydrogen-bond acceptors (Lipinski definition) is 6. The summed E-state index contributed by atoms with van der Waals surface area (Å²) in [5.41, 5.74) is -1.91. The van der Waals surface area contributed by atoms with Crippen molar-refractivity contribution in [3.63, 3.8) is 0 Å². The Kier molecular flexibility index (Phi) is 11.3. The predicted octanol–water partition coefficient (Wildman–Crippen LogP) is 5.53. The average Bonchev–Trinajstić information content (AvgIpc) is 2.68. The highest BCUT2D eigenvalue weighted by Crippen LogP contribution is 2.37. The van der Waals surface area contributed by atoms with Crippen LogP contribution in [0.1, 0.15) is 98.8 Å². The number of rotatable bonds is 12. The van der Waals surface area contributed by atoms with Crippen molar-refractivity contribution in [2.24, 2.45) is 11.8 Å². The Morgan fingerprint density at radius 1 is 1.03 bits per heavy atom. The van der Waals surface area contributed by atoms with Gasteiger partial charge in [-0.2, -0.15) is 0 Å². The van der Waals surface area contributed by atoms with E-state index in [1.165, 1.54) is 19.3 Å². The molecule has 0 atom stereocenters. The summed E-state index contributed by atoms with van der Waals surface area (Å²) in [6.07, 6.45) is 8.94. The van der Waals surface area contributed by atoms with Crippen LogP contribution in [-0.4, -0.2) is 35.7 Å². The average molecular weight is 439 g/mol. The van der Waals surface area contributed by atoms with Crippen LogP contribution in [0.5, 0.6) is 0 Å². The highest BCUT2D eigenvalue weighted by atomic mass is 16.6. The van der Waals surface area contributed by atoms with E-state index in [-0.39, 0.29) is 24.7 Å². The van der Waals surface area contributed by atoms with E-state index in [0.717, 1.165) is 31.3 Å². The molecule has 0 aromatic heterocycles. The fourth-order valence-electron chi connectivity index (χ4n) is 3.77. The lowest BCUT2D eigenvalue weighted by Gasteiger charge is -2.37. The van der Waals surface area contributed by atoms with Gasteiger partial charge in [0.15, 0.2) is 0 Å². The molecule has 1 rings (SSSR count). The van der Waals surface area contributed by atoms with E-state index in [1.807, 2.05) is 20.8 Å². The molecule has 0 unspecified atom stereocenters. The van der Waals surface area contributed by atoms with E-state index < -0.39 is 23.1 Å². The summed E-state index contributed by atoms with van der Waals surface area (Å²) in [4.78, 5) is 37.1. The molecular formula is C25H42O6. The third-order valence-electron chi connectivity index (χ3n) is 5.53. The van der Waals surface area contributed by atoms with Crippen LogP contribution in [0, 0.1) is 11.8 Å². The molecule has 0 heterocycles. The SMILES string of the molecule is C=CC(=O)OC1(C(=O)OCCCCCCCC(C)C)CCC(C(=O)OC(C)(C)C)CC1. The maximum Gasteiger partial charge on any atom is 0.350 e. The zero-order valence-corrected chi connectivity index (χ0v) is 20.2. The van der Waals surface area contributed by atoms with E-state index in [1.54, 1.807) is 0 Å². The Morgan fingerprint density at radius 2 is 1.61 bits per heavy atom. The van der Waals surface area contributed by atoms with Gasteiger partial charge in [0.25, 0.3) is 0 Å². The Bertz CT molecular complexity index is 594. The first kappa shape index (κ1) is 27.2. The van der Waals surface area contributed by atoms with Crippen LogP contribution in [0.3, 0.4) is 0 Å². The molecule has 0 bridgehead atoms. The van der Waals surface area contributed by atoms with Gasteiger partial charge in [-0.05, 0) is 58.8 Å². The summed E-state index contributed by atoms with van der Waals surface area (Å²) in [5.74, 6) is -1.03. The number of carbonyl (C=O) groups is 3. The van der Waals surface area contributed by atoms with E-state index in [4.69, 9.17) is 14.2 Å². The number of hydrogen-bond donors (Lipinski definition) is 0. The molecule has 1 aliphatic carbocycles. The molecule has 0 radical (unpaired) electrons.